The minimum Gasteiger partial charge on any atom is -0.375 e. The molecule has 0 bridgehead atoms. The molecule has 2 aromatic carbocycles. The Morgan fingerprint density at radius 2 is 1.76 bits per heavy atom. The van der Waals surface area contributed by atoms with E-state index in [2.05, 4.69) is 5.32 Å². The van der Waals surface area contributed by atoms with Crippen molar-refractivity contribution >= 4 is 11.4 Å². The first-order chi connectivity index (χ1) is 9.88. The molecule has 5 heteroatoms. The van der Waals surface area contributed by atoms with Gasteiger partial charge in [0.25, 0.3) is 5.69 Å². The fourth-order valence-corrected chi connectivity index (χ4v) is 2.11. The molecule has 0 amide bonds. The normalized spacial score (nSPS) is 10.5. The Morgan fingerprint density at radius 3 is 2.43 bits per heavy atom. The predicted molar refractivity (Wildman–Crippen MR) is 81.0 cm³/mol. The van der Waals surface area contributed by atoms with Gasteiger partial charge in [0.1, 0.15) is 11.5 Å². The zero-order valence-corrected chi connectivity index (χ0v) is 12.2. The van der Waals surface area contributed by atoms with Crippen LogP contribution in [0.3, 0.4) is 0 Å². The molecule has 110 valence electrons. The van der Waals surface area contributed by atoms with Gasteiger partial charge < -0.3 is 5.32 Å². The summed E-state index contributed by atoms with van der Waals surface area (Å²) < 4.78 is 13.3. The first-order valence-electron chi connectivity index (χ1n) is 6.63. The summed E-state index contributed by atoms with van der Waals surface area (Å²) in [5.74, 6) is -0.313. The number of hydrogen-bond acceptors (Lipinski definition) is 3. The van der Waals surface area contributed by atoms with Crippen LogP contribution in [0, 0.1) is 36.7 Å². The van der Waals surface area contributed by atoms with Gasteiger partial charge in [-0.1, -0.05) is 6.07 Å². The Kier molecular flexibility index (Phi) is 4.21. The minimum absolute atomic E-state index is 0.0344. The first kappa shape index (κ1) is 15.0. The third-order valence-corrected chi connectivity index (χ3v) is 3.59. The third kappa shape index (κ3) is 3.37. The molecule has 0 radical (unpaired) electrons. The number of rotatable bonds is 4. The summed E-state index contributed by atoms with van der Waals surface area (Å²) in [7, 11) is 0. The highest BCUT2D eigenvalue weighted by Gasteiger charge is 2.15. The standard InChI is InChI=1S/C16H17FN2O2/c1-10-4-5-14(17)8-13(10)9-18-15-6-11(2)12(3)7-16(15)19(20)21/h4-8,18H,9H2,1-3H3. The van der Waals surface area contributed by atoms with E-state index in [0.717, 1.165) is 22.3 Å². The summed E-state index contributed by atoms with van der Waals surface area (Å²) in [4.78, 5) is 10.7. The van der Waals surface area contributed by atoms with E-state index in [0.29, 0.717) is 12.2 Å². The molecule has 2 rings (SSSR count). The number of nitro groups is 1. The SMILES string of the molecule is Cc1cc(NCc2cc(F)ccc2C)c([N+](=O)[O-])cc1C. The molecule has 0 aliphatic carbocycles. The summed E-state index contributed by atoms with van der Waals surface area (Å²) in [6.45, 7) is 5.96. The van der Waals surface area contributed by atoms with Gasteiger partial charge in [0.05, 0.1) is 4.92 Å². The monoisotopic (exact) mass is 288 g/mol. The summed E-state index contributed by atoms with van der Waals surface area (Å²) in [6.07, 6.45) is 0. The van der Waals surface area contributed by atoms with Crippen molar-refractivity contribution in [2.45, 2.75) is 27.3 Å². The molecule has 0 heterocycles. The van der Waals surface area contributed by atoms with Crippen molar-refractivity contribution < 1.29 is 9.31 Å². The molecule has 0 aliphatic rings. The lowest BCUT2D eigenvalue weighted by Gasteiger charge is -2.11. The molecule has 21 heavy (non-hydrogen) atoms. The fraction of sp³-hybridized carbons (Fsp3) is 0.250. The molecule has 0 atom stereocenters. The molecule has 1 N–H and O–H groups in total. The number of hydrogen-bond donors (Lipinski definition) is 1. The highest BCUT2D eigenvalue weighted by molar-refractivity contribution is 5.64. The number of nitrogens with one attached hydrogen (secondary N) is 1. The second-order valence-electron chi connectivity index (χ2n) is 5.14. The van der Waals surface area contributed by atoms with Crippen molar-refractivity contribution in [3.8, 4) is 0 Å². The lowest BCUT2D eigenvalue weighted by Crippen LogP contribution is -2.05. The number of nitro benzene ring substituents is 1. The fourth-order valence-electron chi connectivity index (χ4n) is 2.11. The number of halogens is 1. The van der Waals surface area contributed by atoms with Crippen molar-refractivity contribution in [2.24, 2.45) is 0 Å². The Balaban J connectivity index is 2.29. The second-order valence-corrected chi connectivity index (χ2v) is 5.14. The van der Waals surface area contributed by atoms with Crippen molar-refractivity contribution in [3.05, 3.63) is 68.5 Å². The maximum Gasteiger partial charge on any atom is 0.292 e. The zero-order chi connectivity index (χ0) is 15.6. The predicted octanol–water partition coefficient (Wildman–Crippen LogP) is 4.27. The Bertz CT molecular complexity index is 699. The molecule has 0 aliphatic heterocycles. The van der Waals surface area contributed by atoms with Crippen LogP contribution in [0.4, 0.5) is 15.8 Å². The maximum absolute atomic E-state index is 13.3. The Labute approximate surface area is 122 Å². The van der Waals surface area contributed by atoms with Crippen molar-refractivity contribution in [2.75, 3.05) is 5.32 Å². The molecular weight excluding hydrogens is 271 g/mol. The van der Waals surface area contributed by atoms with Crippen LogP contribution in [0.1, 0.15) is 22.3 Å². The van der Waals surface area contributed by atoms with Gasteiger partial charge in [-0.3, -0.25) is 10.1 Å². The van der Waals surface area contributed by atoms with Crippen LogP contribution in [0.2, 0.25) is 0 Å². The minimum atomic E-state index is -0.410. The van der Waals surface area contributed by atoms with Crippen LogP contribution in [0.25, 0.3) is 0 Å². The van der Waals surface area contributed by atoms with Gasteiger partial charge in [-0.25, -0.2) is 4.39 Å². The van der Waals surface area contributed by atoms with Gasteiger partial charge in [0.2, 0.25) is 0 Å². The second kappa shape index (κ2) is 5.91. The van der Waals surface area contributed by atoms with Gasteiger partial charge in [0, 0.05) is 12.6 Å². The van der Waals surface area contributed by atoms with Gasteiger partial charge in [-0.15, -0.1) is 0 Å². The summed E-state index contributed by atoms with van der Waals surface area (Å²) in [6, 6.07) is 7.84. The van der Waals surface area contributed by atoms with Gasteiger partial charge >= 0.3 is 0 Å². The van der Waals surface area contributed by atoms with Crippen molar-refractivity contribution in [3.63, 3.8) is 0 Å². The van der Waals surface area contributed by atoms with E-state index in [1.807, 2.05) is 20.8 Å². The van der Waals surface area contributed by atoms with E-state index in [1.165, 1.54) is 12.1 Å². The van der Waals surface area contributed by atoms with E-state index in [-0.39, 0.29) is 11.5 Å². The average Bonchev–Trinajstić information content (AvgIpc) is 2.42. The highest BCUT2D eigenvalue weighted by atomic mass is 19.1. The van der Waals surface area contributed by atoms with Crippen LogP contribution in [-0.4, -0.2) is 4.92 Å². The molecule has 0 aromatic heterocycles. The third-order valence-electron chi connectivity index (χ3n) is 3.59. The largest absolute Gasteiger partial charge is 0.375 e. The van der Waals surface area contributed by atoms with Gasteiger partial charge in [-0.05, 0) is 61.2 Å². The number of benzene rings is 2. The van der Waals surface area contributed by atoms with Crippen LogP contribution < -0.4 is 5.32 Å². The maximum atomic E-state index is 13.3. The van der Waals surface area contributed by atoms with Crippen molar-refractivity contribution in [1.29, 1.82) is 0 Å². The molecule has 0 spiro atoms. The van der Waals surface area contributed by atoms with Crippen LogP contribution in [0.5, 0.6) is 0 Å². The molecule has 0 saturated carbocycles. The summed E-state index contributed by atoms with van der Waals surface area (Å²) >= 11 is 0. The number of nitrogens with zero attached hydrogens (tertiary/aromatic N) is 1. The highest BCUT2D eigenvalue weighted by Crippen LogP contribution is 2.28. The molecular formula is C16H17FN2O2. The molecule has 0 saturated heterocycles. The van der Waals surface area contributed by atoms with Crippen LogP contribution in [-0.2, 0) is 6.54 Å². The number of anilines is 1. The average molecular weight is 288 g/mol. The molecule has 2 aromatic rings. The summed E-state index contributed by atoms with van der Waals surface area (Å²) in [5.41, 5.74) is 4.05. The lowest BCUT2D eigenvalue weighted by atomic mass is 10.1. The lowest BCUT2D eigenvalue weighted by molar-refractivity contribution is -0.384. The molecule has 0 fully saturated rings. The first-order valence-corrected chi connectivity index (χ1v) is 6.63. The molecule has 4 nitrogen and oxygen atoms in total. The topological polar surface area (TPSA) is 55.2 Å². The Morgan fingerprint density at radius 1 is 1.10 bits per heavy atom. The van der Waals surface area contributed by atoms with Gasteiger partial charge in [0.15, 0.2) is 0 Å². The van der Waals surface area contributed by atoms with Crippen LogP contribution >= 0.6 is 0 Å². The van der Waals surface area contributed by atoms with E-state index in [4.69, 9.17) is 0 Å². The smallest absolute Gasteiger partial charge is 0.292 e. The quantitative estimate of drug-likeness (QED) is 0.675. The number of aryl methyl sites for hydroxylation is 3. The van der Waals surface area contributed by atoms with E-state index >= 15 is 0 Å². The van der Waals surface area contributed by atoms with E-state index in [9.17, 15) is 14.5 Å². The van der Waals surface area contributed by atoms with E-state index in [1.54, 1.807) is 18.2 Å². The van der Waals surface area contributed by atoms with Crippen LogP contribution in [0.15, 0.2) is 30.3 Å². The van der Waals surface area contributed by atoms with E-state index < -0.39 is 4.92 Å². The zero-order valence-electron chi connectivity index (χ0n) is 12.2. The molecule has 0 unspecified atom stereocenters. The van der Waals surface area contributed by atoms with Crippen molar-refractivity contribution in [1.82, 2.24) is 0 Å². The Hall–Kier alpha value is -2.43. The van der Waals surface area contributed by atoms with Gasteiger partial charge in [-0.2, -0.15) is 0 Å². The summed E-state index contributed by atoms with van der Waals surface area (Å²) in [5, 5.41) is 14.2.